The molecule has 0 N–H and O–H groups in total. The minimum absolute atomic E-state index is 0.0373. The predicted octanol–water partition coefficient (Wildman–Crippen LogP) is 5.21. The lowest BCUT2D eigenvalue weighted by molar-refractivity contribution is 0.0997. The second kappa shape index (κ2) is 11.1. The SMILES string of the molecule is CCCn1c(=NC(=O)c2ccc(S(=O)(=O)N(C)C3CCCCC3)cc2)sc2cc(OCC)ccc21. The summed E-state index contributed by atoms with van der Waals surface area (Å²) in [7, 11) is -1.95. The molecule has 0 radical (unpaired) electrons. The third-order valence-electron chi connectivity index (χ3n) is 6.48. The lowest BCUT2D eigenvalue weighted by Gasteiger charge is -2.30. The molecule has 0 aliphatic heterocycles. The number of amides is 1. The van der Waals surface area contributed by atoms with Crippen molar-refractivity contribution in [1.82, 2.24) is 8.87 Å². The number of hydrogen-bond acceptors (Lipinski definition) is 5. The van der Waals surface area contributed by atoms with Gasteiger partial charge >= 0.3 is 0 Å². The fourth-order valence-corrected chi connectivity index (χ4v) is 7.06. The first kappa shape index (κ1) is 25.6. The minimum Gasteiger partial charge on any atom is -0.494 e. The Labute approximate surface area is 211 Å². The van der Waals surface area contributed by atoms with E-state index in [4.69, 9.17) is 4.74 Å². The van der Waals surface area contributed by atoms with E-state index in [1.165, 1.54) is 27.8 Å². The molecule has 0 saturated heterocycles. The second-order valence-electron chi connectivity index (χ2n) is 8.85. The fourth-order valence-electron chi connectivity index (χ4n) is 4.56. The van der Waals surface area contributed by atoms with Gasteiger partial charge < -0.3 is 9.30 Å². The Morgan fingerprint density at radius 1 is 1.11 bits per heavy atom. The first-order valence-electron chi connectivity index (χ1n) is 12.3. The number of rotatable bonds is 8. The third kappa shape index (κ3) is 5.52. The van der Waals surface area contributed by atoms with Gasteiger partial charge in [-0.3, -0.25) is 4.79 Å². The van der Waals surface area contributed by atoms with E-state index >= 15 is 0 Å². The quantitative estimate of drug-likeness (QED) is 0.413. The largest absolute Gasteiger partial charge is 0.494 e. The maximum absolute atomic E-state index is 13.1. The van der Waals surface area contributed by atoms with Crippen molar-refractivity contribution in [2.45, 2.75) is 69.9 Å². The highest BCUT2D eigenvalue weighted by Gasteiger charge is 2.29. The summed E-state index contributed by atoms with van der Waals surface area (Å²) < 4.78 is 36.4. The Hall–Kier alpha value is -2.49. The Balaban J connectivity index is 1.61. The average molecular weight is 516 g/mol. The van der Waals surface area contributed by atoms with Crippen LogP contribution in [0.1, 0.15) is 62.7 Å². The van der Waals surface area contributed by atoms with E-state index in [1.54, 1.807) is 19.2 Å². The van der Waals surface area contributed by atoms with Gasteiger partial charge in [0.1, 0.15) is 5.75 Å². The molecule has 1 aliphatic carbocycles. The lowest BCUT2D eigenvalue weighted by atomic mass is 9.96. The van der Waals surface area contributed by atoms with Gasteiger partial charge in [-0.05, 0) is 68.7 Å². The number of carbonyl (C=O) groups is 1. The molecule has 0 atom stereocenters. The molecular formula is C26H33N3O4S2. The standard InChI is InChI=1S/C26H33N3O4S2/c1-4-17-29-23-16-13-21(33-5-2)18-24(23)34-26(29)27-25(30)19-11-14-22(15-12-19)35(31,32)28(3)20-9-7-6-8-10-20/h11-16,18,20H,4-10,17H2,1-3H3. The molecule has 1 fully saturated rings. The van der Waals surface area contributed by atoms with Crippen LogP contribution in [0, 0.1) is 0 Å². The number of thiazole rings is 1. The second-order valence-corrected chi connectivity index (χ2v) is 11.9. The predicted molar refractivity (Wildman–Crippen MR) is 139 cm³/mol. The number of nitrogens with zero attached hydrogens (tertiary/aromatic N) is 3. The molecule has 4 rings (SSSR count). The molecule has 35 heavy (non-hydrogen) atoms. The summed E-state index contributed by atoms with van der Waals surface area (Å²) in [6.45, 7) is 5.36. The van der Waals surface area contributed by atoms with E-state index in [0.29, 0.717) is 17.0 Å². The van der Waals surface area contributed by atoms with E-state index in [9.17, 15) is 13.2 Å². The minimum atomic E-state index is -3.60. The van der Waals surface area contributed by atoms with Gasteiger partial charge in [-0.1, -0.05) is 37.5 Å². The molecule has 0 unspecified atom stereocenters. The molecule has 1 aliphatic rings. The van der Waals surface area contributed by atoms with Crippen LogP contribution < -0.4 is 9.54 Å². The summed E-state index contributed by atoms with van der Waals surface area (Å²) in [6.07, 6.45) is 5.97. The zero-order valence-corrected chi connectivity index (χ0v) is 22.2. The normalized spacial score (nSPS) is 15.7. The van der Waals surface area contributed by atoms with Crippen LogP contribution in [0.15, 0.2) is 52.4 Å². The monoisotopic (exact) mass is 515 g/mol. The number of ether oxygens (including phenoxy) is 1. The van der Waals surface area contributed by atoms with Gasteiger partial charge in [0.15, 0.2) is 4.80 Å². The maximum atomic E-state index is 13.1. The van der Waals surface area contributed by atoms with E-state index in [-0.39, 0.29) is 10.9 Å². The highest BCUT2D eigenvalue weighted by molar-refractivity contribution is 7.89. The van der Waals surface area contributed by atoms with Crippen molar-refractivity contribution in [1.29, 1.82) is 0 Å². The summed E-state index contributed by atoms with van der Waals surface area (Å²) >= 11 is 1.45. The van der Waals surface area contributed by atoms with Crippen LogP contribution in [0.5, 0.6) is 5.75 Å². The summed E-state index contributed by atoms with van der Waals surface area (Å²) in [5.74, 6) is 0.397. The molecular weight excluding hydrogens is 482 g/mol. The maximum Gasteiger partial charge on any atom is 0.279 e. The van der Waals surface area contributed by atoms with Crippen LogP contribution >= 0.6 is 11.3 Å². The van der Waals surface area contributed by atoms with Gasteiger partial charge in [0, 0.05) is 25.2 Å². The van der Waals surface area contributed by atoms with E-state index < -0.39 is 15.9 Å². The van der Waals surface area contributed by atoms with Gasteiger partial charge in [0.05, 0.1) is 21.7 Å². The van der Waals surface area contributed by atoms with Gasteiger partial charge in [0.25, 0.3) is 5.91 Å². The zero-order valence-electron chi connectivity index (χ0n) is 20.6. The molecule has 0 bridgehead atoms. The van der Waals surface area contributed by atoms with Gasteiger partial charge in [0.2, 0.25) is 10.0 Å². The summed E-state index contributed by atoms with van der Waals surface area (Å²) in [5.41, 5.74) is 1.37. The van der Waals surface area contributed by atoms with E-state index in [0.717, 1.165) is 61.0 Å². The highest BCUT2D eigenvalue weighted by Crippen LogP contribution is 2.27. The molecule has 1 aromatic heterocycles. The van der Waals surface area contributed by atoms with Crippen molar-refractivity contribution >= 4 is 37.5 Å². The number of aromatic nitrogens is 1. The van der Waals surface area contributed by atoms with Crippen molar-refractivity contribution in [2.24, 2.45) is 4.99 Å². The number of sulfonamides is 1. The molecule has 7 nitrogen and oxygen atoms in total. The smallest absolute Gasteiger partial charge is 0.279 e. The van der Waals surface area contributed by atoms with Crippen LogP contribution in [-0.2, 0) is 16.6 Å². The molecule has 9 heteroatoms. The topological polar surface area (TPSA) is 81.0 Å². The molecule has 1 heterocycles. The first-order chi connectivity index (χ1) is 16.8. The fraction of sp³-hybridized carbons (Fsp3) is 0.462. The summed E-state index contributed by atoms with van der Waals surface area (Å²) in [5, 5.41) is 0. The Bertz CT molecular complexity index is 1350. The molecule has 2 aromatic carbocycles. The number of carbonyl (C=O) groups excluding carboxylic acids is 1. The van der Waals surface area contributed by atoms with Crippen LogP contribution in [0.2, 0.25) is 0 Å². The van der Waals surface area contributed by atoms with Crippen molar-refractivity contribution in [3.05, 3.63) is 52.8 Å². The van der Waals surface area contributed by atoms with Crippen LogP contribution in [0.25, 0.3) is 10.2 Å². The Morgan fingerprint density at radius 2 is 1.83 bits per heavy atom. The van der Waals surface area contributed by atoms with Gasteiger partial charge in [-0.2, -0.15) is 9.30 Å². The van der Waals surface area contributed by atoms with Crippen LogP contribution in [-0.4, -0.2) is 42.9 Å². The van der Waals surface area contributed by atoms with Crippen molar-refractivity contribution in [2.75, 3.05) is 13.7 Å². The average Bonchev–Trinajstić information content (AvgIpc) is 3.20. The number of fused-ring (bicyclic) bond motifs is 1. The summed E-state index contributed by atoms with van der Waals surface area (Å²) in [4.78, 5) is 18.2. The zero-order chi connectivity index (χ0) is 25.0. The molecule has 1 amide bonds. The van der Waals surface area contributed by atoms with Crippen molar-refractivity contribution in [3.8, 4) is 5.75 Å². The number of aryl methyl sites for hydroxylation is 1. The van der Waals surface area contributed by atoms with Crippen molar-refractivity contribution < 1.29 is 17.9 Å². The first-order valence-corrected chi connectivity index (χ1v) is 14.5. The third-order valence-corrected chi connectivity index (χ3v) is 9.44. The number of hydrogen-bond donors (Lipinski definition) is 0. The molecule has 188 valence electrons. The van der Waals surface area contributed by atoms with Crippen molar-refractivity contribution in [3.63, 3.8) is 0 Å². The molecule has 3 aromatic rings. The van der Waals surface area contributed by atoms with Gasteiger partial charge in [-0.25, -0.2) is 8.42 Å². The highest BCUT2D eigenvalue weighted by atomic mass is 32.2. The number of benzene rings is 2. The van der Waals surface area contributed by atoms with Crippen LogP contribution in [0.4, 0.5) is 0 Å². The lowest BCUT2D eigenvalue weighted by Crippen LogP contribution is -2.38. The Kier molecular flexibility index (Phi) is 8.09. The molecule has 1 saturated carbocycles. The van der Waals surface area contributed by atoms with Gasteiger partial charge in [-0.15, -0.1) is 0 Å². The summed E-state index contributed by atoms with van der Waals surface area (Å²) in [6, 6.07) is 12.1. The van der Waals surface area contributed by atoms with E-state index in [1.807, 2.05) is 29.7 Å². The van der Waals surface area contributed by atoms with Crippen LogP contribution in [0.3, 0.4) is 0 Å². The Morgan fingerprint density at radius 3 is 2.49 bits per heavy atom. The molecule has 0 spiro atoms. The van der Waals surface area contributed by atoms with E-state index in [2.05, 4.69) is 11.9 Å².